The first-order valence-corrected chi connectivity index (χ1v) is 12.5. The van der Waals surface area contributed by atoms with E-state index in [0.29, 0.717) is 10.6 Å². The number of pyridine rings is 1. The van der Waals surface area contributed by atoms with Gasteiger partial charge in [-0.25, -0.2) is 27.9 Å². The number of para-hydroxylation sites is 1. The van der Waals surface area contributed by atoms with Crippen LogP contribution in [0, 0.1) is 5.82 Å². The number of rotatable bonds is 5. The van der Waals surface area contributed by atoms with Gasteiger partial charge in [0.2, 0.25) is 0 Å². The van der Waals surface area contributed by atoms with Crippen molar-refractivity contribution in [3.8, 4) is 22.2 Å². The third kappa shape index (κ3) is 5.57. The van der Waals surface area contributed by atoms with Crippen LogP contribution in [0.1, 0.15) is 16.8 Å². The van der Waals surface area contributed by atoms with Gasteiger partial charge in [0.1, 0.15) is 10.8 Å². The summed E-state index contributed by atoms with van der Waals surface area (Å²) < 4.78 is 92.6. The Hall–Kier alpha value is -4.20. The maximum Gasteiger partial charge on any atom is 0.491 e. The summed E-state index contributed by atoms with van der Waals surface area (Å²) in [5.74, 6) is -9.25. The van der Waals surface area contributed by atoms with Crippen molar-refractivity contribution in [1.29, 1.82) is 0 Å². The lowest BCUT2D eigenvalue weighted by Crippen LogP contribution is -2.55. The van der Waals surface area contributed by atoms with Crippen LogP contribution in [0.2, 0.25) is 0 Å². The van der Waals surface area contributed by atoms with E-state index in [0.717, 1.165) is 23.1 Å². The Morgan fingerprint density at radius 1 is 1.10 bits per heavy atom. The highest BCUT2D eigenvalue weighted by Gasteiger charge is 2.48. The predicted octanol–water partition coefficient (Wildman–Crippen LogP) is 5.89. The van der Waals surface area contributed by atoms with Crippen molar-refractivity contribution < 1.29 is 45.4 Å². The SMILES string of the molecule is O=C(c1cc(F)ccc1-c1nccs1)N1CCC(F)(F)C(Oc2nc3ccccc3cc2OC(=O)C(F)(F)F)C1. The fourth-order valence-corrected chi connectivity index (χ4v) is 4.79. The monoisotopic (exact) mass is 581 g/mol. The van der Waals surface area contributed by atoms with Gasteiger partial charge >= 0.3 is 12.1 Å². The normalized spacial score (nSPS) is 17.1. The molecule has 1 saturated heterocycles. The summed E-state index contributed by atoms with van der Waals surface area (Å²) in [7, 11) is 0. The minimum Gasteiger partial charge on any atom is -0.463 e. The molecular formula is C26H17F6N3O4S. The van der Waals surface area contributed by atoms with Crippen LogP contribution in [0.3, 0.4) is 0 Å². The van der Waals surface area contributed by atoms with Crippen LogP contribution in [0.15, 0.2) is 60.1 Å². The fraction of sp³-hybridized carbons (Fsp3) is 0.231. The second kappa shape index (κ2) is 10.4. The molecule has 5 rings (SSSR count). The van der Waals surface area contributed by atoms with Crippen LogP contribution in [0.4, 0.5) is 26.3 Å². The van der Waals surface area contributed by atoms with E-state index in [4.69, 9.17) is 4.74 Å². The van der Waals surface area contributed by atoms with E-state index in [2.05, 4.69) is 14.7 Å². The van der Waals surface area contributed by atoms with Crippen LogP contribution in [-0.2, 0) is 4.79 Å². The molecule has 1 atom stereocenters. The Balaban J connectivity index is 1.47. The van der Waals surface area contributed by atoms with E-state index >= 15 is 8.78 Å². The number of carbonyl (C=O) groups is 2. The van der Waals surface area contributed by atoms with Gasteiger partial charge in [-0.3, -0.25) is 4.79 Å². The lowest BCUT2D eigenvalue weighted by Gasteiger charge is -2.38. The molecule has 0 bridgehead atoms. The summed E-state index contributed by atoms with van der Waals surface area (Å²) in [6.07, 6.45) is -6.83. The van der Waals surface area contributed by atoms with E-state index in [-0.39, 0.29) is 16.5 Å². The summed E-state index contributed by atoms with van der Waals surface area (Å²) in [5.41, 5.74) is 0.362. The molecule has 0 radical (unpaired) electrons. The zero-order valence-corrected chi connectivity index (χ0v) is 20.9. The fourth-order valence-electron chi connectivity index (χ4n) is 4.11. The maximum absolute atomic E-state index is 15.0. The average molecular weight is 581 g/mol. The lowest BCUT2D eigenvalue weighted by molar-refractivity contribution is -0.190. The van der Waals surface area contributed by atoms with Crippen molar-refractivity contribution in [1.82, 2.24) is 14.9 Å². The second-order valence-corrected chi connectivity index (χ2v) is 9.66. The number of thiazole rings is 1. The number of piperidine rings is 1. The van der Waals surface area contributed by atoms with Crippen molar-refractivity contribution in [2.24, 2.45) is 0 Å². The number of carbonyl (C=O) groups excluding carboxylic acids is 2. The first kappa shape index (κ1) is 27.4. The molecule has 2 aromatic heterocycles. The van der Waals surface area contributed by atoms with Crippen LogP contribution >= 0.6 is 11.3 Å². The zero-order chi connectivity index (χ0) is 28.7. The van der Waals surface area contributed by atoms with Gasteiger partial charge in [0.05, 0.1) is 17.6 Å². The summed E-state index contributed by atoms with van der Waals surface area (Å²) in [6, 6.07) is 10.5. The number of aromatic nitrogens is 2. The second-order valence-electron chi connectivity index (χ2n) is 8.77. The Morgan fingerprint density at radius 2 is 1.88 bits per heavy atom. The number of ether oxygens (including phenoxy) is 2. The van der Waals surface area contributed by atoms with E-state index in [1.165, 1.54) is 35.7 Å². The minimum absolute atomic E-state index is 0.109. The highest BCUT2D eigenvalue weighted by atomic mass is 32.1. The van der Waals surface area contributed by atoms with Crippen LogP contribution < -0.4 is 9.47 Å². The maximum atomic E-state index is 15.0. The van der Waals surface area contributed by atoms with Gasteiger partial charge in [-0.1, -0.05) is 18.2 Å². The Kier molecular flexibility index (Phi) is 7.12. The number of amides is 1. The van der Waals surface area contributed by atoms with Crippen LogP contribution in [-0.4, -0.2) is 58.0 Å². The van der Waals surface area contributed by atoms with Crippen molar-refractivity contribution in [3.63, 3.8) is 0 Å². The van der Waals surface area contributed by atoms with Gasteiger partial charge in [0.25, 0.3) is 17.7 Å². The molecular weight excluding hydrogens is 564 g/mol. The molecule has 4 aromatic rings. The topological polar surface area (TPSA) is 81.6 Å². The van der Waals surface area contributed by atoms with E-state index in [1.807, 2.05) is 0 Å². The van der Waals surface area contributed by atoms with E-state index < -0.39 is 67.0 Å². The van der Waals surface area contributed by atoms with E-state index in [9.17, 15) is 27.2 Å². The molecule has 40 heavy (non-hydrogen) atoms. The number of hydrogen-bond acceptors (Lipinski definition) is 7. The number of esters is 1. The molecule has 3 heterocycles. The van der Waals surface area contributed by atoms with Crippen molar-refractivity contribution in [2.45, 2.75) is 24.6 Å². The average Bonchev–Trinajstić information content (AvgIpc) is 3.44. The summed E-state index contributed by atoms with van der Waals surface area (Å²) in [6.45, 7) is -1.14. The highest BCUT2D eigenvalue weighted by molar-refractivity contribution is 7.13. The third-order valence-electron chi connectivity index (χ3n) is 6.08. The molecule has 1 aliphatic heterocycles. The molecule has 1 unspecified atom stereocenters. The molecule has 0 aliphatic carbocycles. The molecule has 14 heteroatoms. The first-order valence-electron chi connectivity index (χ1n) is 11.6. The number of halogens is 6. The Bertz CT molecular complexity index is 1580. The predicted molar refractivity (Wildman–Crippen MR) is 131 cm³/mol. The van der Waals surface area contributed by atoms with Crippen LogP contribution in [0.5, 0.6) is 11.6 Å². The standard InChI is InChI=1S/C26H17F6N3O4S/c27-15-5-6-16(22-33-8-10-40-22)17(12-15)23(36)35-9-7-25(28,29)20(13-35)39-21-19(38-24(37)26(30,31)32)11-14-3-1-2-4-18(14)34-21/h1-6,8,10-12,20H,7,9,13H2. The van der Waals surface area contributed by atoms with Gasteiger partial charge < -0.3 is 14.4 Å². The lowest BCUT2D eigenvalue weighted by atomic mass is 10.0. The number of nitrogens with zero attached hydrogens (tertiary/aromatic N) is 3. The molecule has 0 N–H and O–H groups in total. The Labute approximate surface area is 226 Å². The van der Waals surface area contributed by atoms with Crippen molar-refractivity contribution >= 4 is 34.1 Å². The third-order valence-corrected chi connectivity index (χ3v) is 6.88. The largest absolute Gasteiger partial charge is 0.491 e. The highest BCUT2D eigenvalue weighted by Crippen LogP contribution is 2.37. The Morgan fingerprint density at radius 3 is 2.60 bits per heavy atom. The zero-order valence-electron chi connectivity index (χ0n) is 20.1. The minimum atomic E-state index is -5.37. The molecule has 7 nitrogen and oxygen atoms in total. The molecule has 208 valence electrons. The number of alkyl halides is 5. The number of fused-ring (bicyclic) bond motifs is 1. The summed E-state index contributed by atoms with van der Waals surface area (Å²) in [5, 5.41) is 2.32. The molecule has 0 spiro atoms. The quantitative estimate of drug-likeness (QED) is 0.216. The number of benzene rings is 2. The van der Waals surface area contributed by atoms with Gasteiger partial charge in [0.15, 0.2) is 11.9 Å². The smallest absolute Gasteiger partial charge is 0.463 e. The van der Waals surface area contributed by atoms with Crippen molar-refractivity contribution in [2.75, 3.05) is 13.1 Å². The molecule has 0 saturated carbocycles. The van der Waals surface area contributed by atoms with Crippen LogP contribution in [0.25, 0.3) is 21.5 Å². The van der Waals surface area contributed by atoms with Gasteiger partial charge in [-0.15, -0.1) is 11.3 Å². The molecule has 1 aliphatic rings. The molecule has 1 fully saturated rings. The number of likely N-dealkylation sites (tertiary alicyclic amines) is 1. The van der Waals surface area contributed by atoms with E-state index in [1.54, 1.807) is 17.5 Å². The van der Waals surface area contributed by atoms with Crippen molar-refractivity contribution in [3.05, 3.63) is 71.5 Å². The van der Waals surface area contributed by atoms with Gasteiger partial charge in [-0.2, -0.15) is 13.2 Å². The molecule has 1 amide bonds. The molecule has 2 aromatic carbocycles. The number of hydrogen-bond donors (Lipinski definition) is 0. The summed E-state index contributed by atoms with van der Waals surface area (Å²) >= 11 is 1.19. The first-order chi connectivity index (χ1) is 18.9. The summed E-state index contributed by atoms with van der Waals surface area (Å²) in [4.78, 5) is 34.1. The van der Waals surface area contributed by atoms with Gasteiger partial charge in [-0.05, 0) is 30.3 Å². The van der Waals surface area contributed by atoms with Gasteiger partial charge in [0, 0.05) is 35.5 Å².